The number of rotatable bonds is 4. The second kappa shape index (κ2) is 4.68. The molecule has 0 aliphatic carbocycles. The summed E-state index contributed by atoms with van der Waals surface area (Å²) in [6, 6.07) is 3.37. The van der Waals surface area contributed by atoms with Gasteiger partial charge in [-0.1, -0.05) is 0 Å². The van der Waals surface area contributed by atoms with Crippen molar-refractivity contribution in [1.82, 2.24) is 0 Å². The van der Waals surface area contributed by atoms with Gasteiger partial charge in [-0.15, -0.1) is 0 Å². The molecule has 1 aromatic rings. The third-order valence-corrected chi connectivity index (χ3v) is 2.16. The van der Waals surface area contributed by atoms with E-state index in [-0.39, 0.29) is 12.2 Å². The number of nitrogens with zero attached hydrogens (tertiary/aromatic N) is 1. The smallest absolute Gasteiger partial charge is 0.251 e. The second-order valence-corrected chi connectivity index (χ2v) is 3.27. The molecule has 0 spiro atoms. The number of carboxylic acid groups (broad SMARTS) is 1. The molecule has 0 aliphatic rings. The van der Waals surface area contributed by atoms with Crippen molar-refractivity contribution in [2.24, 2.45) is 0 Å². The predicted octanol–water partition coefficient (Wildman–Crippen LogP) is -0.511. The van der Waals surface area contributed by atoms with Crippen LogP contribution in [0.15, 0.2) is 18.3 Å². The lowest BCUT2D eigenvalue weighted by atomic mass is 10.1. The monoisotopic (exact) mass is 207 g/mol. The quantitative estimate of drug-likeness (QED) is 0.493. The van der Waals surface area contributed by atoms with E-state index < -0.39 is 5.97 Å². The average molecular weight is 207 g/mol. The summed E-state index contributed by atoms with van der Waals surface area (Å²) in [5.41, 5.74) is 0.955. The summed E-state index contributed by atoms with van der Waals surface area (Å²) in [4.78, 5) is 21.9. The van der Waals surface area contributed by atoms with Gasteiger partial charge in [0.1, 0.15) is 6.54 Å². The van der Waals surface area contributed by atoms with Gasteiger partial charge in [0.15, 0.2) is 6.20 Å². The van der Waals surface area contributed by atoms with E-state index in [1.807, 2.05) is 6.92 Å². The zero-order chi connectivity index (χ0) is 11.4. The number of pyridine rings is 1. The fraction of sp³-hybridized carbons (Fsp3) is 0.364. The van der Waals surface area contributed by atoms with E-state index in [0.29, 0.717) is 17.8 Å². The van der Waals surface area contributed by atoms with Crippen molar-refractivity contribution in [2.45, 2.75) is 26.8 Å². The Labute approximate surface area is 88.2 Å². The molecule has 0 N–H and O–H groups in total. The van der Waals surface area contributed by atoms with Crippen LogP contribution < -0.4 is 9.67 Å². The van der Waals surface area contributed by atoms with Crippen LogP contribution >= 0.6 is 0 Å². The fourth-order valence-electron chi connectivity index (χ4n) is 1.59. The van der Waals surface area contributed by atoms with Crippen molar-refractivity contribution in [3.05, 3.63) is 29.6 Å². The van der Waals surface area contributed by atoms with Gasteiger partial charge in [-0.25, -0.2) is 0 Å². The third kappa shape index (κ3) is 2.62. The summed E-state index contributed by atoms with van der Waals surface area (Å²) in [6.45, 7) is 3.96. The molecular formula is C11H13NO3. The molecule has 0 saturated heterocycles. The first-order valence-electron chi connectivity index (χ1n) is 4.78. The van der Waals surface area contributed by atoms with E-state index in [0.717, 1.165) is 0 Å². The van der Waals surface area contributed by atoms with Crippen LogP contribution in [0.4, 0.5) is 0 Å². The third-order valence-electron chi connectivity index (χ3n) is 2.16. The van der Waals surface area contributed by atoms with Crippen molar-refractivity contribution < 1.29 is 19.3 Å². The molecule has 4 nitrogen and oxygen atoms in total. The standard InChI is InChI=1S/C11H13NO3/c1-3-12-6-4-5-9(7-10(14)15)11(12)8(2)13/h4-6H,3,7H2,1-2H3. The first-order chi connectivity index (χ1) is 7.06. The maximum absolute atomic E-state index is 11.4. The summed E-state index contributed by atoms with van der Waals surface area (Å²) >= 11 is 0. The summed E-state index contributed by atoms with van der Waals surface area (Å²) in [6.07, 6.45) is 1.53. The Morgan fingerprint density at radius 3 is 2.60 bits per heavy atom. The number of Topliss-reactive ketones (excluding diaryl/α,β-unsaturated/α-hetero) is 1. The molecule has 0 aromatic carbocycles. The SMILES string of the molecule is CC[n+]1cccc(CC(=O)[O-])c1C(C)=O. The highest BCUT2D eigenvalue weighted by Gasteiger charge is 2.18. The Kier molecular flexibility index (Phi) is 3.55. The van der Waals surface area contributed by atoms with Gasteiger partial charge in [-0.3, -0.25) is 4.79 Å². The number of aryl methyl sites for hydroxylation is 1. The zero-order valence-electron chi connectivity index (χ0n) is 8.82. The first-order valence-corrected chi connectivity index (χ1v) is 4.78. The molecule has 0 aliphatic heterocycles. The minimum Gasteiger partial charge on any atom is -0.550 e. The normalized spacial score (nSPS) is 10.0. The highest BCUT2D eigenvalue weighted by Crippen LogP contribution is 2.05. The molecule has 1 rings (SSSR count). The lowest BCUT2D eigenvalue weighted by Gasteiger charge is -2.06. The molecule has 0 bridgehead atoms. The highest BCUT2D eigenvalue weighted by atomic mass is 16.4. The summed E-state index contributed by atoms with van der Waals surface area (Å²) < 4.78 is 1.74. The summed E-state index contributed by atoms with van der Waals surface area (Å²) in [7, 11) is 0. The Morgan fingerprint density at radius 2 is 2.13 bits per heavy atom. The van der Waals surface area contributed by atoms with Crippen molar-refractivity contribution in [3.8, 4) is 0 Å². The molecule has 0 atom stereocenters. The molecule has 0 amide bonds. The van der Waals surface area contributed by atoms with Gasteiger partial charge in [0.05, 0.1) is 0 Å². The zero-order valence-corrected chi connectivity index (χ0v) is 8.82. The number of aromatic nitrogens is 1. The van der Waals surface area contributed by atoms with Gasteiger partial charge >= 0.3 is 0 Å². The predicted molar refractivity (Wildman–Crippen MR) is 51.0 cm³/mol. The molecule has 4 heteroatoms. The lowest BCUT2D eigenvalue weighted by Crippen LogP contribution is -2.40. The van der Waals surface area contributed by atoms with E-state index in [1.54, 1.807) is 22.9 Å². The number of ketones is 1. The number of hydrogen-bond acceptors (Lipinski definition) is 3. The highest BCUT2D eigenvalue weighted by molar-refractivity contribution is 5.93. The van der Waals surface area contributed by atoms with E-state index in [4.69, 9.17) is 0 Å². The molecular weight excluding hydrogens is 194 g/mol. The van der Waals surface area contributed by atoms with Crippen molar-refractivity contribution in [3.63, 3.8) is 0 Å². The average Bonchev–Trinajstić information content (AvgIpc) is 2.15. The minimum atomic E-state index is -1.17. The first kappa shape index (κ1) is 11.4. The van der Waals surface area contributed by atoms with Gasteiger partial charge in [0.25, 0.3) is 5.69 Å². The van der Waals surface area contributed by atoms with E-state index in [9.17, 15) is 14.7 Å². The summed E-state index contributed by atoms with van der Waals surface area (Å²) in [5, 5.41) is 10.5. The van der Waals surface area contributed by atoms with Crippen molar-refractivity contribution in [1.29, 1.82) is 0 Å². The Bertz CT molecular complexity index is 399. The fourth-order valence-corrected chi connectivity index (χ4v) is 1.59. The Hall–Kier alpha value is -1.71. The number of hydrogen-bond donors (Lipinski definition) is 0. The Balaban J connectivity index is 3.25. The van der Waals surface area contributed by atoms with Crippen LogP contribution in [0.2, 0.25) is 0 Å². The van der Waals surface area contributed by atoms with Crippen molar-refractivity contribution in [2.75, 3.05) is 0 Å². The molecule has 1 aromatic heterocycles. The molecule has 15 heavy (non-hydrogen) atoms. The van der Waals surface area contributed by atoms with Crippen molar-refractivity contribution >= 4 is 11.8 Å². The van der Waals surface area contributed by atoms with Gasteiger partial charge in [0.2, 0.25) is 5.78 Å². The van der Waals surface area contributed by atoms with E-state index in [2.05, 4.69) is 0 Å². The minimum absolute atomic E-state index is 0.131. The van der Waals surface area contributed by atoms with Crippen LogP contribution in [-0.4, -0.2) is 11.8 Å². The molecule has 80 valence electrons. The van der Waals surface area contributed by atoms with E-state index in [1.165, 1.54) is 6.92 Å². The largest absolute Gasteiger partial charge is 0.550 e. The lowest BCUT2D eigenvalue weighted by molar-refractivity contribution is -0.695. The van der Waals surface area contributed by atoms with Crippen LogP contribution in [-0.2, 0) is 17.8 Å². The topological polar surface area (TPSA) is 61.1 Å². The molecule has 0 fully saturated rings. The van der Waals surface area contributed by atoms with Crippen LogP contribution in [0.1, 0.15) is 29.9 Å². The Morgan fingerprint density at radius 1 is 1.47 bits per heavy atom. The van der Waals surface area contributed by atoms with Crippen LogP contribution in [0.25, 0.3) is 0 Å². The van der Waals surface area contributed by atoms with Gasteiger partial charge < -0.3 is 9.90 Å². The molecule has 1 heterocycles. The molecule has 0 saturated carbocycles. The molecule has 0 unspecified atom stereocenters. The number of carbonyl (C=O) groups is 2. The number of carbonyl (C=O) groups excluding carboxylic acids is 2. The van der Waals surface area contributed by atoms with E-state index >= 15 is 0 Å². The maximum atomic E-state index is 11.4. The number of aliphatic carboxylic acids is 1. The van der Waals surface area contributed by atoms with Crippen LogP contribution in [0.3, 0.4) is 0 Å². The van der Waals surface area contributed by atoms with Gasteiger partial charge in [-0.2, -0.15) is 4.57 Å². The van der Waals surface area contributed by atoms with Crippen LogP contribution in [0.5, 0.6) is 0 Å². The number of carboxylic acids is 1. The van der Waals surface area contributed by atoms with Gasteiger partial charge in [-0.05, 0) is 13.0 Å². The van der Waals surface area contributed by atoms with Crippen LogP contribution in [0, 0.1) is 0 Å². The molecule has 0 radical (unpaired) electrons. The summed E-state index contributed by atoms with van der Waals surface area (Å²) in [5.74, 6) is -1.31. The van der Waals surface area contributed by atoms with Gasteiger partial charge in [0, 0.05) is 30.9 Å². The maximum Gasteiger partial charge on any atom is 0.251 e. The second-order valence-electron chi connectivity index (χ2n) is 3.27.